The Morgan fingerprint density at radius 2 is 1.44 bits per heavy atom. The van der Waals surface area contributed by atoms with Crippen LogP contribution in [0.1, 0.15) is 62.7 Å². The van der Waals surface area contributed by atoms with Crippen LogP contribution in [-0.4, -0.2) is 17.2 Å². The minimum absolute atomic E-state index is 0. The number of hydrogen-bond acceptors (Lipinski definition) is 2. The fourth-order valence-electron chi connectivity index (χ4n) is 3.57. The summed E-state index contributed by atoms with van der Waals surface area (Å²) in [5.74, 6) is -0.861. The third-order valence-electron chi connectivity index (χ3n) is 5.10. The van der Waals surface area contributed by atoms with Crippen LogP contribution < -0.4 is 18.9 Å². The molecule has 2 aromatic rings. The second-order valence-corrected chi connectivity index (χ2v) is 7.12. The quantitative estimate of drug-likeness (QED) is 0.380. The maximum atomic E-state index is 11.0. The largest absolute Gasteiger partial charge is 1.00 e. The number of ether oxygens (including phenoxy) is 1. The van der Waals surface area contributed by atoms with Crippen LogP contribution >= 0.6 is 0 Å². The van der Waals surface area contributed by atoms with Crippen molar-refractivity contribution in [3.8, 4) is 0 Å². The van der Waals surface area contributed by atoms with Crippen LogP contribution in [-0.2, 0) is 22.4 Å². The van der Waals surface area contributed by atoms with Crippen LogP contribution in [0.4, 0.5) is 0 Å². The third kappa shape index (κ3) is 6.85. The van der Waals surface area contributed by atoms with E-state index in [0.717, 1.165) is 18.4 Å². The van der Waals surface area contributed by atoms with Gasteiger partial charge in [-0.25, -0.2) is 4.79 Å². The summed E-state index contributed by atoms with van der Waals surface area (Å²) in [6.45, 7) is 0. The minimum Gasteiger partial charge on any atom is -1.00 e. The average Bonchev–Trinajstić information content (AvgIpc) is 3.46. The Bertz CT molecular complexity index is 708. The Hall–Kier alpha value is -1.53. The predicted octanol–water partition coefficient (Wildman–Crippen LogP) is 2.45. The van der Waals surface area contributed by atoms with E-state index in [1.165, 1.54) is 49.7 Å². The Balaban J connectivity index is 0.00000196. The first kappa shape index (κ1) is 21.8. The number of aryl methyl sites for hydroxylation is 2. The van der Waals surface area contributed by atoms with E-state index >= 15 is 0 Å². The second kappa shape index (κ2) is 11.3. The van der Waals surface area contributed by atoms with Gasteiger partial charge in [0.1, 0.15) is 6.10 Å². The summed E-state index contributed by atoms with van der Waals surface area (Å²) in [4.78, 5) is 11.0. The number of epoxide rings is 1. The van der Waals surface area contributed by atoms with E-state index in [2.05, 4.69) is 36.4 Å². The third-order valence-corrected chi connectivity index (χ3v) is 5.10. The van der Waals surface area contributed by atoms with Crippen molar-refractivity contribution in [2.75, 3.05) is 0 Å². The van der Waals surface area contributed by atoms with E-state index in [9.17, 15) is 4.79 Å². The molecule has 140 valence electrons. The van der Waals surface area contributed by atoms with Gasteiger partial charge in [-0.2, -0.15) is 0 Å². The molecule has 1 aliphatic heterocycles. The molecule has 0 radical (unpaired) electrons. The zero-order valence-corrected chi connectivity index (χ0v) is 16.3. The normalized spacial score (nSPS) is 17.9. The molecule has 0 aliphatic carbocycles. The Morgan fingerprint density at radius 3 is 2.11 bits per heavy atom. The second-order valence-electron chi connectivity index (χ2n) is 7.12. The van der Waals surface area contributed by atoms with E-state index in [4.69, 9.17) is 9.84 Å². The molecule has 2 aromatic carbocycles. The fourth-order valence-corrected chi connectivity index (χ4v) is 3.57. The molecule has 3 rings (SSSR count). The number of unbranched alkanes of at least 4 members (excludes halogenated alkanes) is 5. The van der Waals surface area contributed by atoms with Crippen LogP contribution in [0.2, 0.25) is 0 Å². The minimum atomic E-state index is -0.861. The maximum Gasteiger partial charge on any atom is 1.00 e. The molecular weight excluding hydrogens is 331 g/mol. The smallest absolute Gasteiger partial charge is 1.00 e. The summed E-state index contributed by atoms with van der Waals surface area (Å²) < 4.78 is 5.31. The van der Waals surface area contributed by atoms with Crippen molar-refractivity contribution in [1.82, 2.24) is 0 Å². The van der Waals surface area contributed by atoms with Gasteiger partial charge < -0.3 is 11.3 Å². The number of hydrogen-bond donors (Lipinski definition) is 1. The van der Waals surface area contributed by atoms with E-state index < -0.39 is 12.1 Å². The van der Waals surface area contributed by atoms with E-state index in [-0.39, 0.29) is 26.4 Å². The number of carbonyl (C=O) groups is 1. The van der Waals surface area contributed by atoms with Gasteiger partial charge in [0.05, 0.1) is 0 Å². The van der Waals surface area contributed by atoms with Gasteiger partial charge in [-0.05, 0) is 42.4 Å². The zero-order valence-electron chi connectivity index (χ0n) is 17.3. The summed E-state index contributed by atoms with van der Waals surface area (Å²) in [6, 6.07) is 18.8. The topological polar surface area (TPSA) is 49.8 Å². The number of rotatable bonds is 11. The monoisotopic (exact) mass is 360 g/mol. The molecule has 0 bridgehead atoms. The van der Waals surface area contributed by atoms with Crippen LogP contribution in [0.3, 0.4) is 0 Å². The number of carboxylic acids is 1. The van der Waals surface area contributed by atoms with Crippen molar-refractivity contribution in [2.45, 2.75) is 63.6 Å². The molecule has 2 atom stereocenters. The van der Waals surface area contributed by atoms with E-state index in [1.54, 1.807) is 0 Å². The van der Waals surface area contributed by atoms with Crippen molar-refractivity contribution in [2.24, 2.45) is 0 Å². The molecule has 1 N–H and O–H groups in total. The van der Waals surface area contributed by atoms with Crippen molar-refractivity contribution >= 4 is 5.97 Å². The van der Waals surface area contributed by atoms with Crippen molar-refractivity contribution in [3.05, 3.63) is 71.3 Å². The molecule has 0 saturated carbocycles. The fraction of sp³-hybridized carbons (Fsp3) is 0.435. The standard InChI is InChI=1S/C23H28O3.Li.H/c24-23(25)22-21(26-22)20-17-11-10-16-19(20)15-9-4-2-1-3-6-12-18-13-7-5-8-14-18;;/h5,7-8,10-11,13-14,16-17,21-22H,1-4,6,9,12,15H2,(H,24,25);;/q;+1;-1/t21-,22+;;/m1../s1. The predicted molar refractivity (Wildman–Crippen MR) is 104 cm³/mol. The van der Waals surface area contributed by atoms with Crippen molar-refractivity contribution in [1.29, 1.82) is 0 Å². The van der Waals surface area contributed by atoms with E-state index in [1.807, 2.05) is 18.2 Å². The Kier molecular flexibility index (Phi) is 9.14. The Labute approximate surface area is 175 Å². The molecule has 0 aromatic heterocycles. The molecule has 1 heterocycles. The van der Waals surface area contributed by atoms with Crippen LogP contribution in [0.5, 0.6) is 0 Å². The first-order valence-electron chi connectivity index (χ1n) is 9.75. The first-order valence-corrected chi connectivity index (χ1v) is 9.75. The molecule has 0 amide bonds. The zero-order chi connectivity index (χ0) is 18.2. The number of benzene rings is 2. The summed E-state index contributed by atoms with van der Waals surface area (Å²) in [5, 5.41) is 9.04. The summed E-state index contributed by atoms with van der Waals surface area (Å²) in [6.07, 6.45) is 8.79. The maximum absolute atomic E-state index is 11.0. The SMILES string of the molecule is O=C(O)[C@H]1O[C@@H]1c1ccccc1CCCCCCCCc1ccccc1.[H-].[Li+]. The number of aliphatic carboxylic acids is 1. The summed E-state index contributed by atoms with van der Waals surface area (Å²) in [7, 11) is 0. The molecular formula is C23H29LiO3. The molecule has 1 saturated heterocycles. The Morgan fingerprint density at radius 1 is 0.852 bits per heavy atom. The first-order chi connectivity index (χ1) is 12.8. The molecule has 0 spiro atoms. The van der Waals surface area contributed by atoms with Gasteiger partial charge in [0.2, 0.25) is 0 Å². The van der Waals surface area contributed by atoms with Gasteiger partial charge >= 0.3 is 24.8 Å². The summed E-state index contributed by atoms with van der Waals surface area (Å²) >= 11 is 0. The number of carboxylic acid groups (broad SMARTS) is 1. The molecule has 1 fully saturated rings. The van der Waals surface area contributed by atoms with Gasteiger partial charge in [-0.15, -0.1) is 0 Å². The van der Waals surface area contributed by atoms with Crippen molar-refractivity contribution < 1.29 is 34.9 Å². The van der Waals surface area contributed by atoms with Gasteiger partial charge in [0.15, 0.2) is 6.10 Å². The average molecular weight is 360 g/mol. The van der Waals surface area contributed by atoms with Gasteiger partial charge in [0.25, 0.3) is 0 Å². The van der Waals surface area contributed by atoms with Gasteiger partial charge in [-0.1, -0.05) is 80.3 Å². The van der Waals surface area contributed by atoms with E-state index in [0.29, 0.717) is 0 Å². The summed E-state index contributed by atoms with van der Waals surface area (Å²) in [5.41, 5.74) is 3.74. The van der Waals surface area contributed by atoms with Crippen LogP contribution in [0, 0.1) is 0 Å². The van der Waals surface area contributed by atoms with Gasteiger partial charge in [0, 0.05) is 0 Å². The molecule has 4 heteroatoms. The molecule has 1 aliphatic rings. The van der Waals surface area contributed by atoms with Crippen LogP contribution in [0.25, 0.3) is 0 Å². The van der Waals surface area contributed by atoms with Crippen molar-refractivity contribution in [3.63, 3.8) is 0 Å². The molecule has 27 heavy (non-hydrogen) atoms. The molecule has 3 nitrogen and oxygen atoms in total. The van der Waals surface area contributed by atoms with Crippen LogP contribution in [0.15, 0.2) is 54.6 Å². The van der Waals surface area contributed by atoms with Gasteiger partial charge in [-0.3, -0.25) is 0 Å². The molecule has 0 unspecified atom stereocenters.